The lowest BCUT2D eigenvalue weighted by molar-refractivity contribution is -0.122. The first-order valence-electron chi connectivity index (χ1n) is 9.85. The Labute approximate surface area is 166 Å². The third kappa shape index (κ3) is 5.07. The van der Waals surface area contributed by atoms with Crippen molar-refractivity contribution in [2.75, 3.05) is 5.75 Å². The molecule has 27 heavy (non-hydrogen) atoms. The predicted octanol–water partition coefficient (Wildman–Crippen LogP) is 5.51. The maximum atomic E-state index is 12.6. The van der Waals surface area contributed by atoms with E-state index in [-0.39, 0.29) is 17.6 Å². The number of nitrogens with one attached hydrogen (secondary N) is 1. The quantitative estimate of drug-likeness (QED) is 0.611. The number of thioether (sulfide) groups is 1. The van der Waals surface area contributed by atoms with Gasteiger partial charge in [0.1, 0.15) is 11.4 Å². The number of carbonyl (C=O) groups is 1. The molecule has 1 N–H and O–H groups in total. The van der Waals surface area contributed by atoms with Gasteiger partial charge >= 0.3 is 0 Å². The summed E-state index contributed by atoms with van der Waals surface area (Å²) in [6.07, 6.45) is 3.26. The molecule has 2 aromatic rings. The SMILES string of the molecule is CCC1(CC)C[C@@H](NC(=O)CCSCc2ccccc2)c2ccccc2O1. The van der Waals surface area contributed by atoms with Crippen molar-refractivity contribution in [3.8, 4) is 5.75 Å². The van der Waals surface area contributed by atoms with E-state index in [0.717, 1.165) is 42.1 Å². The Kier molecular flexibility index (Phi) is 6.84. The highest BCUT2D eigenvalue weighted by Crippen LogP contribution is 2.42. The molecule has 1 atom stereocenters. The molecule has 1 aliphatic rings. The zero-order chi connectivity index (χ0) is 19.1. The zero-order valence-corrected chi connectivity index (χ0v) is 17.1. The summed E-state index contributed by atoms with van der Waals surface area (Å²) in [5, 5.41) is 3.26. The van der Waals surface area contributed by atoms with Crippen LogP contribution >= 0.6 is 11.8 Å². The second kappa shape index (κ2) is 9.32. The number of benzene rings is 2. The minimum Gasteiger partial charge on any atom is -0.487 e. The van der Waals surface area contributed by atoms with E-state index in [1.54, 1.807) is 11.8 Å². The molecule has 3 rings (SSSR count). The molecule has 1 amide bonds. The topological polar surface area (TPSA) is 38.3 Å². The van der Waals surface area contributed by atoms with Gasteiger partial charge in [0.05, 0.1) is 6.04 Å². The van der Waals surface area contributed by atoms with Crippen LogP contribution in [0.15, 0.2) is 54.6 Å². The van der Waals surface area contributed by atoms with Gasteiger partial charge in [0, 0.05) is 29.9 Å². The summed E-state index contributed by atoms with van der Waals surface area (Å²) in [6.45, 7) is 4.33. The van der Waals surface area contributed by atoms with Crippen molar-refractivity contribution in [2.45, 2.75) is 56.9 Å². The van der Waals surface area contributed by atoms with Crippen LogP contribution in [0.3, 0.4) is 0 Å². The van der Waals surface area contributed by atoms with Crippen LogP contribution in [0.5, 0.6) is 5.75 Å². The summed E-state index contributed by atoms with van der Waals surface area (Å²) in [5.41, 5.74) is 2.21. The lowest BCUT2D eigenvalue weighted by Crippen LogP contribution is -2.44. The molecule has 0 aliphatic carbocycles. The fourth-order valence-electron chi connectivity index (χ4n) is 3.63. The van der Waals surface area contributed by atoms with E-state index >= 15 is 0 Å². The maximum Gasteiger partial charge on any atom is 0.221 e. The number of fused-ring (bicyclic) bond motifs is 1. The number of hydrogen-bond acceptors (Lipinski definition) is 3. The van der Waals surface area contributed by atoms with Gasteiger partial charge in [-0.2, -0.15) is 11.8 Å². The number of rotatable bonds is 8. The van der Waals surface area contributed by atoms with Gasteiger partial charge < -0.3 is 10.1 Å². The second-order valence-corrected chi connectivity index (χ2v) is 8.25. The molecule has 0 spiro atoms. The van der Waals surface area contributed by atoms with Crippen molar-refractivity contribution < 1.29 is 9.53 Å². The van der Waals surface area contributed by atoms with Gasteiger partial charge in [-0.05, 0) is 24.5 Å². The van der Waals surface area contributed by atoms with Gasteiger partial charge in [-0.3, -0.25) is 4.79 Å². The molecule has 0 saturated carbocycles. The van der Waals surface area contributed by atoms with Crippen molar-refractivity contribution in [2.24, 2.45) is 0 Å². The van der Waals surface area contributed by atoms with Gasteiger partial charge in [0.25, 0.3) is 0 Å². The Hall–Kier alpha value is -1.94. The highest BCUT2D eigenvalue weighted by molar-refractivity contribution is 7.98. The Bertz CT molecular complexity index is 743. The van der Waals surface area contributed by atoms with E-state index in [1.807, 2.05) is 24.3 Å². The number of para-hydroxylation sites is 1. The molecule has 1 aliphatic heterocycles. The number of ether oxygens (including phenoxy) is 1. The monoisotopic (exact) mass is 383 g/mol. The van der Waals surface area contributed by atoms with E-state index < -0.39 is 0 Å². The van der Waals surface area contributed by atoms with Gasteiger partial charge in [-0.15, -0.1) is 0 Å². The van der Waals surface area contributed by atoms with Crippen LogP contribution in [0.2, 0.25) is 0 Å². The van der Waals surface area contributed by atoms with E-state index in [9.17, 15) is 4.79 Å². The van der Waals surface area contributed by atoms with Gasteiger partial charge in [0.2, 0.25) is 5.91 Å². The predicted molar refractivity (Wildman–Crippen MR) is 113 cm³/mol. The van der Waals surface area contributed by atoms with E-state index in [1.165, 1.54) is 5.56 Å². The molecule has 0 saturated heterocycles. The van der Waals surface area contributed by atoms with Crippen LogP contribution in [0.1, 0.15) is 56.7 Å². The largest absolute Gasteiger partial charge is 0.487 e. The summed E-state index contributed by atoms with van der Waals surface area (Å²) < 4.78 is 6.32. The lowest BCUT2D eigenvalue weighted by Gasteiger charge is -2.41. The summed E-state index contributed by atoms with van der Waals surface area (Å²) >= 11 is 1.81. The fraction of sp³-hybridized carbons (Fsp3) is 0.435. The van der Waals surface area contributed by atoms with Crippen LogP contribution in [0.4, 0.5) is 0 Å². The smallest absolute Gasteiger partial charge is 0.221 e. The number of hydrogen-bond donors (Lipinski definition) is 1. The molecule has 2 aromatic carbocycles. The molecule has 0 bridgehead atoms. The maximum absolute atomic E-state index is 12.6. The lowest BCUT2D eigenvalue weighted by atomic mass is 9.83. The normalized spacial score (nSPS) is 17.6. The minimum atomic E-state index is -0.186. The Morgan fingerprint density at radius 3 is 2.56 bits per heavy atom. The fourth-order valence-corrected chi connectivity index (χ4v) is 4.53. The molecule has 0 aromatic heterocycles. The molecule has 0 fully saturated rings. The van der Waals surface area contributed by atoms with Crippen LogP contribution in [0.25, 0.3) is 0 Å². The molecule has 4 heteroatoms. The Morgan fingerprint density at radius 1 is 1.11 bits per heavy atom. The molecular formula is C23H29NO2S. The average molecular weight is 384 g/mol. The van der Waals surface area contributed by atoms with Crippen molar-refractivity contribution in [1.29, 1.82) is 0 Å². The first kappa shape index (κ1) is 19.8. The van der Waals surface area contributed by atoms with E-state index in [2.05, 4.69) is 49.5 Å². The van der Waals surface area contributed by atoms with Gasteiger partial charge in [-0.25, -0.2) is 0 Å². The van der Waals surface area contributed by atoms with E-state index in [0.29, 0.717) is 6.42 Å². The third-order valence-corrected chi connectivity index (χ3v) is 6.44. The Morgan fingerprint density at radius 2 is 1.81 bits per heavy atom. The summed E-state index contributed by atoms with van der Waals surface area (Å²) in [5.74, 6) is 2.82. The average Bonchev–Trinajstić information content (AvgIpc) is 2.72. The standard InChI is InChI=1S/C23H29NO2S/c1-3-23(4-2)16-20(19-12-8-9-13-21(19)26-23)24-22(25)14-15-27-17-18-10-6-5-7-11-18/h5-13,20H,3-4,14-17H2,1-2H3,(H,24,25)/t20-/m1/s1. The van der Waals surface area contributed by atoms with Crippen LogP contribution in [-0.2, 0) is 10.5 Å². The first-order valence-corrected chi connectivity index (χ1v) is 11.0. The van der Waals surface area contributed by atoms with Crippen LogP contribution in [-0.4, -0.2) is 17.3 Å². The number of amides is 1. The third-order valence-electron chi connectivity index (χ3n) is 5.41. The Balaban J connectivity index is 1.56. The zero-order valence-electron chi connectivity index (χ0n) is 16.2. The highest BCUT2D eigenvalue weighted by atomic mass is 32.2. The van der Waals surface area contributed by atoms with Crippen molar-refractivity contribution in [3.05, 3.63) is 65.7 Å². The number of carbonyl (C=O) groups excluding carboxylic acids is 1. The molecule has 0 radical (unpaired) electrons. The minimum absolute atomic E-state index is 0.0291. The molecule has 144 valence electrons. The van der Waals surface area contributed by atoms with E-state index in [4.69, 9.17) is 4.74 Å². The summed E-state index contributed by atoms with van der Waals surface area (Å²) in [7, 11) is 0. The molecule has 1 heterocycles. The molecule has 3 nitrogen and oxygen atoms in total. The van der Waals surface area contributed by atoms with Crippen molar-refractivity contribution >= 4 is 17.7 Å². The van der Waals surface area contributed by atoms with Crippen LogP contribution < -0.4 is 10.1 Å². The molecular weight excluding hydrogens is 354 g/mol. The van der Waals surface area contributed by atoms with Crippen molar-refractivity contribution in [1.82, 2.24) is 5.32 Å². The molecule has 0 unspecified atom stereocenters. The summed E-state index contributed by atoms with van der Waals surface area (Å²) in [6, 6.07) is 18.5. The van der Waals surface area contributed by atoms with Gasteiger partial charge in [-0.1, -0.05) is 62.4 Å². The summed E-state index contributed by atoms with van der Waals surface area (Å²) in [4.78, 5) is 12.6. The van der Waals surface area contributed by atoms with Gasteiger partial charge in [0.15, 0.2) is 0 Å². The highest BCUT2D eigenvalue weighted by Gasteiger charge is 2.38. The van der Waals surface area contributed by atoms with Crippen LogP contribution in [0, 0.1) is 0 Å². The second-order valence-electron chi connectivity index (χ2n) is 7.14. The first-order chi connectivity index (χ1) is 13.2. The van der Waals surface area contributed by atoms with Crippen molar-refractivity contribution in [3.63, 3.8) is 0 Å².